The molecule has 0 unspecified atom stereocenters. The summed E-state index contributed by atoms with van der Waals surface area (Å²) in [6.45, 7) is 8.47. The van der Waals surface area contributed by atoms with Gasteiger partial charge in [-0.25, -0.2) is 0 Å². The molecule has 8 aromatic rings. The number of para-hydroxylation sites is 4. The van der Waals surface area contributed by atoms with Crippen LogP contribution < -0.4 is 5.46 Å². The predicted octanol–water partition coefficient (Wildman–Crippen LogP) is 9.33. The lowest BCUT2D eigenvalue weighted by Gasteiger charge is -2.32. The molecule has 0 radical (unpaired) electrons. The molecule has 0 N–H and O–H groups in total. The van der Waals surface area contributed by atoms with Gasteiger partial charge in [-0.05, 0) is 68.8 Å². The first-order chi connectivity index (χ1) is 21.8. The molecule has 5 heteroatoms. The van der Waals surface area contributed by atoms with E-state index in [9.17, 15) is 0 Å². The van der Waals surface area contributed by atoms with Gasteiger partial charge in [-0.3, -0.25) is 0 Å². The Bertz CT molecular complexity index is 2450. The zero-order valence-corrected chi connectivity index (χ0v) is 25.9. The molecular weight excluding hydrogens is 551 g/mol. The average molecular weight is 585 g/mol. The van der Waals surface area contributed by atoms with Gasteiger partial charge in [0, 0.05) is 32.7 Å². The molecule has 0 spiro atoms. The average Bonchev–Trinajstić information content (AvgIpc) is 3.65. The van der Waals surface area contributed by atoms with E-state index in [2.05, 4.69) is 164 Å². The summed E-state index contributed by atoms with van der Waals surface area (Å²) < 4.78 is 18.2. The number of benzene rings is 6. The molecule has 0 atom stereocenters. The number of fused-ring (bicyclic) bond motifs is 7. The highest BCUT2D eigenvalue weighted by Gasteiger charge is 2.52. The molecule has 45 heavy (non-hydrogen) atoms. The van der Waals surface area contributed by atoms with Crippen molar-refractivity contribution >= 4 is 67.0 Å². The van der Waals surface area contributed by atoms with E-state index in [1.165, 1.54) is 43.4 Å². The lowest BCUT2D eigenvalue weighted by molar-refractivity contribution is 0.00578. The molecule has 0 saturated carbocycles. The fourth-order valence-corrected chi connectivity index (χ4v) is 7.22. The van der Waals surface area contributed by atoms with Gasteiger partial charge < -0.3 is 18.4 Å². The minimum atomic E-state index is -0.493. The summed E-state index contributed by atoms with van der Waals surface area (Å²) in [7, 11) is -0.493. The van der Waals surface area contributed by atoms with Crippen LogP contribution in [0, 0.1) is 0 Å². The van der Waals surface area contributed by atoms with Crippen molar-refractivity contribution in [3.63, 3.8) is 0 Å². The second-order valence-electron chi connectivity index (χ2n) is 13.2. The molecule has 1 fully saturated rings. The Kier molecular flexibility index (Phi) is 5.51. The number of aromatic nitrogens is 2. The van der Waals surface area contributed by atoms with Gasteiger partial charge in [-0.1, -0.05) is 97.1 Å². The van der Waals surface area contributed by atoms with Crippen LogP contribution in [0.5, 0.6) is 0 Å². The van der Waals surface area contributed by atoms with Crippen LogP contribution in [0.25, 0.3) is 65.8 Å². The zero-order valence-electron chi connectivity index (χ0n) is 25.9. The molecule has 3 heterocycles. The number of rotatable bonds is 3. The highest BCUT2D eigenvalue weighted by Crippen LogP contribution is 2.41. The molecule has 9 rings (SSSR count). The van der Waals surface area contributed by atoms with Gasteiger partial charge in [-0.2, -0.15) is 0 Å². The zero-order chi connectivity index (χ0) is 30.5. The number of hydrogen-bond donors (Lipinski definition) is 0. The number of nitrogens with zero attached hydrogens (tertiary/aromatic N) is 2. The van der Waals surface area contributed by atoms with Gasteiger partial charge in [0.2, 0.25) is 0 Å². The lowest BCUT2D eigenvalue weighted by atomic mass is 9.77. The van der Waals surface area contributed by atoms with Crippen LogP contribution >= 0.6 is 0 Å². The Hall–Kier alpha value is -4.84. The fraction of sp³-hybridized carbons (Fsp3) is 0.150. The van der Waals surface area contributed by atoms with Gasteiger partial charge >= 0.3 is 7.12 Å². The van der Waals surface area contributed by atoms with Crippen molar-refractivity contribution in [2.45, 2.75) is 38.9 Å². The van der Waals surface area contributed by atoms with Crippen molar-refractivity contribution < 1.29 is 9.31 Å². The van der Waals surface area contributed by atoms with Crippen molar-refractivity contribution in [2.24, 2.45) is 0 Å². The molecule has 218 valence electrons. The molecule has 0 aliphatic carbocycles. The molecule has 0 amide bonds. The summed E-state index contributed by atoms with van der Waals surface area (Å²) >= 11 is 0. The van der Waals surface area contributed by atoms with Gasteiger partial charge in [0.25, 0.3) is 0 Å². The van der Waals surface area contributed by atoms with Crippen LogP contribution in [0.15, 0.2) is 127 Å². The van der Waals surface area contributed by atoms with Crippen molar-refractivity contribution in [3.8, 4) is 11.4 Å². The Morgan fingerprint density at radius 2 is 1.04 bits per heavy atom. The molecule has 1 saturated heterocycles. The maximum atomic E-state index is 6.67. The minimum Gasteiger partial charge on any atom is -0.399 e. The molecule has 1 aliphatic heterocycles. The standard InChI is InChI=1S/C40H33BN2O2/c1-39(2)40(3,4)45-41(44-39)33-19-11-17-31-29-15-8-10-21-35(29)43(37(31)33)36-22-12-18-32-30-16-7-9-20-34(30)42(38(32)36)28-24-23-26-13-5-6-14-27(26)25-28/h5-25H,1-4H3. The Morgan fingerprint density at radius 3 is 1.76 bits per heavy atom. The Labute approximate surface area is 262 Å². The Balaban J connectivity index is 1.42. The molecule has 4 nitrogen and oxygen atoms in total. The largest absolute Gasteiger partial charge is 0.497 e. The molecular formula is C40H33BN2O2. The third-order valence-electron chi connectivity index (χ3n) is 10.1. The van der Waals surface area contributed by atoms with Gasteiger partial charge in [0.15, 0.2) is 0 Å². The van der Waals surface area contributed by atoms with Crippen LogP contribution in [0.3, 0.4) is 0 Å². The molecule has 0 bridgehead atoms. The highest BCUT2D eigenvalue weighted by molar-refractivity contribution is 6.65. The lowest BCUT2D eigenvalue weighted by Crippen LogP contribution is -2.41. The molecule has 2 aromatic heterocycles. The summed E-state index contributed by atoms with van der Waals surface area (Å²) in [6.07, 6.45) is 0. The quantitative estimate of drug-likeness (QED) is 0.194. The van der Waals surface area contributed by atoms with Crippen molar-refractivity contribution in [2.75, 3.05) is 0 Å². The van der Waals surface area contributed by atoms with E-state index in [4.69, 9.17) is 9.31 Å². The van der Waals surface area contributed by atoms with Crippen molar-refractivity contribution in [3.05, 3.63) is 127 Å². The second-order valence-corrected chi connectivity index (χ2v) is 13.2. The highest BCUT2D eigenvalue weighted by atomic mass is 16.7. The third kappa shape index (κ3) is 3.75. The summed E-state index contributed by atoms with van der Waals surface area (Å²) in [5.41, 5.74) is 7.01. The minimum absolute atomic E-state index is 0.445. The van der Waals surface area contributed by atoms with E-state index in [0.717, 1.165) is 27.9 Å². The number of hydrogen-bond acceptors (Lipinski definition) is 2. The second kappa shape index (κ2) is 9.34. The van der Waals surface area contributed by atoms with Crippen LogP contribution in [0.4, 0.5) is 0 Å². The van der Waals surface area contributed by atoms with Crippen LogP contribution in [0.2, 0.25) is 0 Å². The van der Waals surface area contributed by atoms with Gasteiger partial charge in [-0.15, -0.1) is 0 Å². The molecule has 1 aliphatic rings. The monoisotopic (exact) mass is 584 g/mol. The van der Waals surface area contributed by atoms with Crippen molar-refractivity contribution in [1.82, 2.24) is 9.13 Å². The van der Waals surface area contributed by atoms with E-state index >= 15 is 0 Å². The fourth-order valence-electron chi connectivity index (χ4n) is 7.22. The predicted molar refractivity (Wildman–Crippen MR) is 188 cm³/mol. The van der Waals surface area contributed by atoms with Crippen LogP contribution in [-0.2, 0) is 9.31 Å². The van der Waals surface area contributed by atoms with Gasteiger partial charge in [0.1, 0.15) is 0 Å². The smallest absolute Gasteiger partial charge is 0.399 e. The van der Waals surface area contributed by atoms with Crippen LogP contribution in [0.1, 0.15) is 27.7 Å². The molecule has 6 aromatic carbocycles. The Morgan fingerprint density at radius 1 is 0.489 bits per heavy atom. The summed E-state index contributed by atoms with van der Waals surface area (Å²) in [6, 6.07) is 46.0. The summed E-state index contributed by atoms with van der Waals surface area (Å²) in [5, 5.41) is 7.29. The van der Waals surface area contributed by atoms with E-state index < -0.39 is 18.3 Å². The first-order valence-corrected chi connectivity index (χ1v) is 15.7. The van der Waals surface area contributed by atoms with E-state index in [0.29, 0.717) is 0 Å². The van der Waals surface area contributed by atoms with E-state index in [1.807, 2.05) is 0 Å². The normalized spacial score (nSPS) is 16.1. The van der Waals surface area contributed by atoms with E-state index in [1.54, 1.807) is 0 Å². The van der Waals surface area contributed by atoms with Crippen molar-refractivity contribution in [1.29, 1.82) is 0 Å². The van der Waals surface area contributed by atoms with Gasteiger partial charge in [0.05, 0.1) is 39.0 Å². The SMILES string of the molecule is CC1(C)OB(c2cccc3c4ccccc4n(-c4cccc5c6ccccc6n(-c6ccc7ccccc7c6)c45)c23)OC1(C)C. The first-order valence-electron chi connectivity index (χ1n) is 15.7. The third-order valence-corrected chi connectivity index (χ3v) is 10.1. The van der Waals surface area contributed by atoms with E-state index in [-0.39, 0.29) is 0 Å². The van der Waals surface area contributed by atoms with Crippen LogP contribution in [-0.4, -0.2) is 27.5 Å². The topological polar surface area (TPSA) is 28.3 Å². The summed E-state index contributed by atoms with van der Waals surface area (Å²) in [4.78, 5) is 0. The summed E-state index contributed by atoms with van der Waals surface area (Å²) in [5.74, 6) is 0. The first kappa shape index (κ1) is 26.6. The maximum Gasteiger partial charge on any atom is 0.497 e. The maximum absolute atomic E-state index is 6.67.